The van der Waals surface area contributed by atoms with Crippen molar-refractivity contribution in [1.29, 1.82) is 0 Å². The van der Waals surface area contributed by atoms with Crippen LogP contribution in [0.2, 0.25) is 0 Å². The molecule has 0 radical (unpaired) electrons. The molecule has 2 aliphatic heterocycles. The third kappa shape index (κ3) is 2.32. The zero-order valence-electron chi connectivity index (χ0n) is 13.7. The highest BCUT2D eigenvalue weighted by molar-refractivity contribution is 7.97. The normalized spacial score (nSPS) is 16.9. The van der Waals surface area contributed by atoms with Crippen LogP contribution < -0.4 is 9.47 Å². The van der Waals surface area contributed by atoms with Crippen LogP contribution in [0.3, 0.4) is 0 Å². The molecule has 0 bridgehead atoms. The second kappa shape index (κ2) is 6.04. The van der Waals surface area contributed by atoms with Gasteiger partial charge in [-0.3, -0.25) is 0 Å². The molecule has 2 aliphatic rings. The average Bonchev–Trinajstić information content (AvgIpc) is 3.08. The fourth-order valence-electron chi connectivity index (χ4n) is 3.15. The van der Waals surface area contributed by atoms with Crippen LogP contribution >= 0.6 is 12.1 Å². The second-order valence-corrected chi connectivity index (χ2v) is 6.49. The number of para-hydroxylation sites is 2. The topological polar surface area (TPSA) is 43.2 Å². The molecule has 1 spiro atoms. The number of ether oxygens (including phenoxy) is 2. The molecule has 0 saturated heterocycles. The predicted octanol–water partition coefficient (Wildman–Crippen LogP) is 4.71. The Morgan fingerprint density at radius 2 is 1.00 bits per heavy atom. The molecule has 3 aromatic carbocycles. The Kier molecular flexibility index (Phi) is 3.53. The minimum atomic E-state index is -1.20. The summed E-state index contributed by atoms with van der Waals surface area (Å²) in [5, 5.41) is 0. The minimum Gasteiger partial charge on any atom is -0.438 e. The SMILES string of the molecule is c1ccc(C2=NSN=C(c3ccccc3)C23Oc2ccccc2O3)cc1. The van der Waals surface area contributed by atoms with Crippen molar-refractivity contribution in [2.45, 2.75) is 5.79 Å². The molecule has 5 rings (SSSR count). The third-order valence-corrected chi connectivity index (χ3v) is 4.87. The molecule has 0 aliphatic carbocycles. The number of rotatable bonds is 2. The molecule has 0 unspecified atom stereocenters. The zero-order chi connectivity index (χ0) is 17.4. The summed E-state index contributed by atoms with van der Waals surface area (Å²) in [5.74, 6) is 0.177. The van der Waals surface area contributed by atoms with Crippen molar-refractivity contribution in [3.8, 4) is 11.5 Å². The van der Waals surface area contributed by atoms with Crippen LogP contribution in [-0.4, -0.2) is 17.2 Å². The van der Waals surface area contributed by atoms with E-state index in [0.717, 1.165) is 23.3 Å². The first-order valence-electron chi connectivity index (χ1n) is 8.28. The summed E-state index contributed by atoms with van der Waals surface area (Å²) >= 11 is 1.16. The van der Waals surface area contributed by atoms with Crippen molar-refractivity contribution in [3.63, 3.8) is 0 Å². The van der Waals surface area contributed by atoms with E-state index in [-0.39, 0.29) is 0 Å². The molecule has 5 heteroatoms. The van der Waals surface area contributed by atoms with E-state index < -0.39 is 5.79 Å². The van der Waals surface area contributed by atoms with E-state index in [0.29, 0.717) is 22.9 Å². The molecule has 0 fully saturated rings. The summed E-state index contributed by atoms with van der Waals surface area (Å²) in [6.45, 7) is 0. The van der Waals surface area contributed by atoms with Crippen LogP contribution in [0.4, 0.5) is 0 Å². The second-order valence-electron chi connectivity index (χ2n) is 5.96. The molecule has 2 heterocycles. The van der Waals surface area contributed by atoms with Crippen molar-refractivity contribution in [3.05, 3.63) is 96.1 Å². The Bertz CT molecular complexity index is 934. The van der Waals surface area contributed by atoms with E-state index in [9.17, 15) is 0 Å². The molecular weight excluding hydrogens is 344 g/mol. The summed E-state index contributed by atoms with van der Waals surface area (Å²) in [6.07, 6.45) is 0. The molecule has 0 aromatic heterocycles. The van der Waals surface area contributed by atoms with Gasteiger partial charge in [0.2, 0.25) is 0 Å². The Balaban J connectivity index is 1.69. The first-order valence-corrected chi connectivity index (χ1v) is 9.01. The average molecular weight is 358 g/mol. The van der Waals surface area contributed by atoms with E-state index in [4.69, 9.17) is 9.47 Å². The van der Waals surface area contributed by atoms with Gasteiger partial charge in [0.05, 0.1) is 0 Å². The molecule has 0 amide bonds. The monoisotopic (exact) mass is 358 g/mol. The Morgan fingerprint density at radius 1 is 0.577 bits per heavy atom. The lowest BCUT2D eigenvalue weighted by molar-refractivity contribution is 0.0553. The van der Waals surface area contributed by atoms with Gasteiger partial charge in [0.15, 0.2) is 11.5 Å². The van der Waals surface area contributed by atoms with Crippen molar-refractivity contribution in [1.82, 2.24) is 0 Å². The zero-order valence-corrected chi connectivity index (χ0v) is 14.5. The van der Waals surface area contributed by atoms with E-state index in [1.54, 1.807) is 0 Å². The largest absolute Gasteiger partial charge is 0.438 e. The fourth-order valence-corrected chi connectivity index (χ4v) is 3.81. The minimum absolute atomic E-state index is 0.687. The van der Waals surface area contributed by atoms with Gasteiger partial charge in [-0.2, -0.15) is 8.80 Å². The van der Waals surface area contributed by atoms with Crippen LogP contribution in [0.1, 0.15) is 11.1 Å². The maximum absolute atomic E-state index is 6.37. The van der Waals surface area contributed by atoms with E-state index in [1.807, 2.05) is 84.9 Å². The molecule has 0 saturated carbocycles. The number of fused-ring (bicyclic) bond motifs is 1. The van der Waals surface area contributed by atoms with Gasteiger partial charge in [0.25, 0.3) is 0 Å². The van der Waals surface area contributed by atoms with Gasteiger partial charge in [-0.05, 0) is 12.1 Å². The quantitative estimate of drug-likeness (QED) is 0.623. The summed E-state index contributed by atoms with van der Waals surface area (Å²) in [6, 6.07) is 27.5. The maximum Gasteiger partial charge on any atom is 0.343 e. The summed E-state index contributed by atoms with van der Waals surface area (Å²) in [5.41, 5.74) is 3.29. The van der Waals surface area contributed by atoms with Crippen molar-refractivity contribution >= 4 is 23.6 Å². The van der Waals surface area contributed by atoms with E-state index in [2.05, 4.69) is 8.80 Å². The maximum atomic E-state index is 6.37. The molecule has 4 nitrogen and oxygen atoms in total. The summed E-state index contributed by atoms with van der Waals surface area (Å²) in [4.78, 5) is 0. The Hall–Kier alpha value is -3.05. The molecule has 0 atom stereocenters. The van der Waals surface area contributed by atoms with Gasteiger partial charge in [0.1, 0.15) is 23.6 Å². The van der Waals surface area contributed by atoms with Crippen molar-refractivity contribution < 1.29 is 9.47 Å². The van der Waals surface area contributed by atoms with Crippen molar-refractivity contribution in [2.24, 2.45) is 8.80 Å². The number of nitrogens with zero attached hydrogens (tertiary/aromatic N) is 2. The highest BCUT2D eigenvalue weighted by Gasteiger charge is 2.54. The lowest BCUT2D eigenvalue weighted by Crippen LogP contribution is -2.55. The molecule has 26 heavy (non-hydrogen) atoms. The first-order chi connectivity index (χ1) is 12.9. The predicted molar refractivity (Wildman–Crippen MR) is 104 cm³/mol. The Labute approximate surface area is 155 Å². The van der Waals surface area contributed by atoms with Gasteiger partial charge in [-0.15, -0.1) is 0 Å². The standard InChI is InChI=1S/C21H14N2O2S/c1-3-9-15(10-4-1)19-21(24-17-13-7-8-14-18(17)25-21)20(23-26-22-19)16-11-5-2-6-12-16/h1-14H. The lowest BCUT2D eigenvalue weighted by Gasteiger charge is -2.32. The van der Waals surface area contributed by atoms with E-state index in [1.165, 1.54) is 0 Å². The Morgan fingerprint density at radius 3 is 1.46 bits per heavy atom. The first kappa shape index (κ1) is 15.2. The molecule has 3 aromatic rings. The van der Waals surface area contributed by atoms with Crippen LogP contribution in [0.25, 0.3) is 0 Å². The van der Waals surface area contributed by atoms with Gasteiger partial charge in [0, 0.05) is 11.1 Å². The summed E-state index contributed by atoms with van der Waals surface area (Å²) < 4.78 is 21.9. The van der Waals surface area contributed by atoms with Crippen LogP contribution in [-0.2, 0) is 0 Å². The highest BCUT2D eigenvalue weighted by atomic mass is 32.2. The van der Waals surface area contributed by atoms with Crippen LogP contribution in [0.15, 0.2) is 93.7 Å². The molecule has 0 N–H and O–H groups in total. The van der Waals surface area contributed by atoms with Gasteiger partial charge < -0.3 is 9.47 Å². The van der Waals surface area contributed by atoms with E-state index >= 15 is 0 Å². The van der Waals surface area contributed by atoms with Crippen LogP contribution in [0, 0.1) is 0 Å². The molecular formula is C21H14N2O2S. The fraction of sp³-hybridized carbons (Fsp3) is 0.0476. The van der Waals surface area contributed by atoms with Gasteiger partial charge in [-0.25, -0.2) is 0 Å². The third-order valence-electron chi connectivity index (χ3n) is 4.34. The lowest BCUT2D eigenvalue weighted by atomic mass is 9.93. The smallest absolute Gasteiger partial charge is 0.343 e. The van der Waals surface area contributed by atoms with Gasteiger partial charge >= 0.3 is 5.79 Å². The number of benzene rings is 3. The number of hydrogen-bond acceptors (Lipinski definition) is 5. The van der Waals surface area contributed by atoms with Gasteiger partial charge in [-0.1, -0.05) is 72.8 Å². The highest BCUT2D eigenvalue weighted by Crippen LogP contribution is 2.44. The number of hydrogen-bond donors (Lipinski definition) is 0. The summed E-state index contributed by atoms with van der Waals surface area (Å²) in [7, 11) is 0. The molecule has 126 valence electrons. The van der Waals surface area contributed by atoms with Crippen molar-refractivity contribution in [2.75, 3.05) is 0 Å². The van der Waals surface area contributed by atoms with Crippen LogP contribution in [0.5, 0.6) is 11.5 Å².